The van der Waals surface area contributed by atoms with Crippen LogP contribution in [0.4, 0.5) is 0 Å². The Kier molecular flexibility index (Phi) is 5.02. The highest BCUT2D eigenvalue weighted by Gasteiger charge is 2.25. The average molecular weight is 403 g/mol. The first-order valence-corrected chi connectivity index (χ1v) is 10.2. The van der Waals surface area contributed by atoms with E-state index in [0.29, 0.717) is 15.2 Å². The fourth-order valence-corrected chi connectivity index (χ4v) is 4.89. The van der Waals surface area contributed by atoms with E-state index < -0.39 is 5.97 Å². The fourth-order valence-electron chi connectivity index (χ4n) is 3.51. The van der Waals surface area contributed by atoms with Crippen molar-refractivity contribution in [1.82, 2.24) is 9.55 Å². The highest BCUT2D eigenvalue weighted by molar-refractivity contribution is 7.18. The average Bonchev–Trinajstić information content (AvgIpc) is 3.04. The maximum absolute atomic E-state index is 13.4. The molecule has 0 aliphatic heterocycles. The van der Waals surface area contributed by atoms with E-state index in [0.717, 1.165) is 36.8 Å². The molecule has 3 aromatic rings. The number of halogens is 1. The van der Waals surface area contributed by atoms with Gasteiger partial charge < -0.3 is 4.74 Å². The van der Waals surface area contributed by atoms with Gasteiger partial charge >= 0.3 is 5.97 Å². The Hall–Kier alpha value is -2.18. The molecular weight excluding hydrogens is 384 g/mol. The molecule has 1 aliphatic rings. The van der Waals surface area contributed by atoms with Crippen LogP contribution in [0.5, 0.6) is 0 Å². The van der Waals surface area contributed by atoms with E-state index in [1.165, 1.54) is 20.8 Å². The van der Waals surface area contributed by atoms with E-state index >= 15 is 0 Å². The van der Waals surface area contributed by atoms with Gasteiger partial charge in [-0.3, -0.25) is 9.36 Å². The summed E-state index contributed by atoms with van der Waals surface area (Å²) in [5, 5.41) is 1.29. The summed E-state index contributed by atoms with van der Waals surface area (Å²) in [5.74, 6) is -0.514. The van der Waals surface area contributed by atoms with Crippen LogP contribution in [0.2, 0.25) is 5.02 Å². The number of aryl methyl sites for hydroxylation is 2. The van der Waals surface area contributed by atoms with Gasteiger partial charge in [-0.05, 0) is 55.9 Å². The summed E-state index contributed by atoms with van der Waals surface area (Å²) in [6, 6.07) is 7.22. The predicted octanol–water partition coefficient (Wildman–Crippen LogP) is 4.22. The van der Waals surface area contributed by atoms with Crippen LogP contribution < -0.4 is 5.56 Å². The maximum atomic E-state index is 13.4. The highest BCUT2D eigenvalue weighted by Crippen LogP contribution is 2.34. The van der Waals surface area contributed by atoms with Gasteiger partial charge in [0.05, 0.1) is 18.5 Å². The number of hydrogen-bond acceptors (Lipinski definition) is 5. The molecule has 0 fully saturated rings. The number of fused-ring (bicyclic) bond motifs is 3. The highest BCUT2D eigenvalue weighted by atomic mass is 35.5. The van der Waals surface area contributed by atoms with Crippen LogP contribution in [-0.4, -0.2) is 22.1 Å². The van der Waals surface area contributed by atoms with Gasteiger partial charge in [-0.1, -0.05) is 23.7 Å². The standard InChI is InChI=1S/C20H19ClN2O3S/c1-2-26-20(25)17-22-18-16(14-5-3-4-6-15(14)27-18)19(24)23(17)11-12-7-9-13(21)10-8-12/h7-10H,2-6,11H2,1H3. The topological polar surface area (TPSA) is 61.2 Å². The van der Waals surface area contributed by atoms with Gasteiger partial charge in [0.25, 0.3) is 5.56 Å². The summed E-state index contributed by atoms with van der Waals surface area (Å²) in [5.41, 5.74) is 1.81. The molecular formula is C20H19ClN2O3S. The molecule has 2 heterocycles. The predicted molar refractivity (Wildman–Crippen MR) is 107 cm³/mol. The van der Waals surface area contributed by atoms with Gasteiger partial charge in [0, 0.05) is 9.90 Å². The number of hydrogen-bond donors (Lipinski definition) is 0. The Balaban J connectivity index is 1.91. The van der Waals surface area contributed by atoms with Crippen molar-refractivity contribution >= 4 is 39.1 Å². The third kappa shape index (κ3) is 3.39. The molecule has 4 rings (SSSR count). The van der Waals surface area contributed by atoms with E-state index in [9.17, 15) is 9.59 Å². The molecule has 0 saturated carbocycles. The summed E-state index contributed by atoms with van der Waals surface area (Å²) in [6.07, 6.45) is 4.08. The first-order chi connectivity index (χ1) is 13.1. The minimum Gasteiger partial charge on any atom is -0.460 e. The number of aromatic nitrogens is 2. The molecule has 0 bridgehead atoms. The molecule has 0 N–H and O–H groups in total. The van der Waals surface area contributed by atoms with Crippen molar-refractivity contribution in [2.45, 2.75) is 39.2 Å². The number of carbonyl (C=O) groups is 1. The monoisotopic (exact) mass is 402 g/mol. The van der Waals surface area contributed by atoms with Crippen molar-refractivity contribution in [2.24, 2.45) is 0 Å². The minimum atomic E-state index is -0.572. The maximum Gasteiger partial charge on any atom is 0.374 e. The zero-order chi connectivity index (χ0) is 19.0. The number of esters is 1. The van der Waals surface area contributed by atoms with Crippen molar-refractivity contribution in [1.29, 1.82) is 0 Å². The molecule has 0 spiro atoms. The molecule has 5 nitrogen and oxygen atoms in total. The molecule has 0 unspecified atom stereocenters. The van der Waals surface area contributed by atoms with Crippen molar-refractivity contribution in [3.8, 4) is 0 Å². The lowest BCUT2D eigenvalue weighted by atomic mass is 9.97. The van der Waals surface area contributed by atoms with Crippen molar-refractivity contribution < 1.29 is 9.53 Å². The SMILES string of the molecule is CCOC(=O)c1nc2sc3c(c2c(=O)n1Cc1ccc(Cl)cc1)CCCC3. The Labute approximate surface area is 165 Å². The normalized spacial score (nSPS) is 13.6. The summed E-state index contributed by atoms with van der Waals surface area (Å²) in [7, 11) is 0. The van der Waals surface area contributed by atoms with Crippen LogP contribution in [0.15, 0.2) is 29.1 Å². The van der Waals surface area contributed by atoms with E-state index in [1.54, 1.807) is 19.1 Å². The van der Waals surface area contributed by atoms with Crippen LogP contribution >= 0.6 is 22.9 Å². The first kappa shape index (κ1) is 18.2. The van der Waals surface area contributed by atoms with Crippen LogP contribution in [-0.2, 0) is 24.1 Å². The van der Waals surface area contributed by atoms with Gasteiger partial charge in [-0.15, -0.1) is 11.3 Å². The van der Waals surface area contributed by atoms with Crippen molar-refractivity contribution in [3.63, 3.8) is 0 Å². The van der Waals surface area contributed by atoms with Gasteiger partial charge in [0.15, 0.2) is 0 Å². The van der Waals surface area contributed by atoms with E-state index in [4.69, 9.17) is 16.3 Å². The molecule has 27 heavy (non-hydrogen) atoms. The quantitative estimate of drug-likeness (QED) is 0.613. The smallest absolute Gasteiger partial charge is 0.374 e. The first-order valence-electron chi connectivity index (χ1n) is 9.05. The van der Waals surface area contributed by atoms with Gasteiger partial charge in [-0.2, -0.15) is 0 Å². The van der Waals surface area contributed by atoms with Crippen LogP contribution in [0.1, 0.15) is 46.4 Å². The van der Waals surface area contributed by atoms with E-state index in [2.05, 4.69) is 4.98 Å². The number of rotatable bonds is 4. The summed E-state index contributed by atoms with van der Waals surface area (Å²) in [6.45, 7) is 2.22. The number of nitrogens with zero attached hydrogens (tertiary/aromatic N) is 2. The van der Waals surface area contributed by atoms with Crippen LogP contribution in [0.25, 0.3) is 10.2 Å². The van der Waals surface area contributed by atoms with Gasteiger partial charge in [0.2, 0.25) is 5.82 Å². The minimum absolute atomic E-state index is 0.0582. The number of thiophene rings is 1. The molecule has 0 radical (unpaired) electrons. The van der Waals surface area contributed by atoms with Crippen LogP contribution in [0, 0.1) is 0 Å². The lowest BCUT2D eigenvalue weighted by Crippen LogP contribution is -2.29. The second-order valence-electron chi connectivity index (χ2n) is 6.56. The zero-order valence-electron chi connectivity index (χ0n) is 15.0. The van der Waals surface area contributed by atoms with Crippen molar-refractivity contribution in [2.75, 3.05) is 6.61 Å². The summed E-state index contributed by atoms with van der Waals surface area (Å²) >= 11 is 7.49. The number of benzene rings is 1. The summed E-state index contributed by atoms with van der Waals surface area (Å²) < 4.78 is 6.59. The second kappa shape index (κ2) is 7.44. The summed E-state index contributed by atoms with van der Waals surface area (Å²) in [4.78, 5) is 32.3. The molecule has 0 amide bonds. The lowest BCUT2D eigenvalue weighted by Gasteiger charge is -2.13. The molecule has 140 valence electrons. The Morgan fingerprint density at radius 3 is 2.74 bits per heavy atom. The molecule has 7 heteroatoms. The number of carbonyl (C=O) groups excluding carboxylic acids is 1. The molecule has 2 aromatic heterocycles. The molecule has 0 saturated heterocycles. The van der Waals surface area contributed by atoms with E-state index in [-0.39, 0.29) is 24.5 Å². The molecule has 1 aliphatic carbocycles. The lowest BCUT2D eigenvalue weighted by molar-refractivity contribution is 0.0505. The van der Waals surface area contributed by atoms with Crippen molar-refractivity contribution in [3.05, 3.63) is 61.5 Å². The van der Waals surface area contributed by atoms with Gasteiger partial charge in [-0.25, -0.2) is 9.78 Å². The third-order valence-electron chi connectivity index (χ3n) is 4.79. The Morgan fingerprint density at radius 2 is 2.00 bits per heavy atom. The molecule has 0 atom stereocenters. The second-order valence-corrected chi connectivity index (χ2v) is 8.08. The number of ether oxygens (including phenoxy) is 1. The Morgan fingerprint density at radius 1 is 1.26 bits per heavy atom. The Bertz CT molecular complexity index is 1070. The van der Waals surface area contributed by atoms with E-state index in [1.807, 2.05) is 12.1 Å². The fraction of sp³-hybridized carbons (Fsp3) is 0.350. The van der Waals surface area contributed by atoms with Crippen LogP contribution in [0.3, 0.4) is 0 Å². The molecule has 1 aromatic carbocycles. The van der Waals surface area contributed by atoms with Gasteiger partial charge in [0.1, 0.15) is 4.83 Å². The largest absolute Gasteiger partial charge is 0.460 e. The third-order valence-corrected chi connectivity index (χ3v) is 6.22. The zero-order valence-corrected chi connectivity index (χ0v) is 16.5.